The van der Waals surface area contributed by atoms with E-state index >= 15 is 0 Å². The Labute approximate surface area is 180 Å². The number of ether oxygens (including phenoxy) is 4. The van der Waals surface area contributed by atoms with Crippen LogP contribution < -0.4 is 24.4 Å². The van der Waals surface area contributed by atoms with Gasteiger partial charge in [-0.3, -0.25) is 4.79 Å². The average molecular weight is 431 g/mol. The lowest BCUT2D eigenvalue weighted by Gasteiger charge is -2.31. The second-order valence-corrected chi connectivity index (χ2v) is 7.21. The molecule has 4 rings (SSSR count). The fourth-order valence-corrected chi connectivity index (χ4v) is 3.75. The maximum Gasteiger partial charge on any atom is 0.248 e. The average Bonchev–Trinajstić information content (AvgIpc) is 2.78. The van der Waals surface area contributed by atoms with Gasteiger partial charge in [0.05, 0.1) is 36.7 Å². The minimum atomic E-state index is -0.263. The van der Waals surface area contributed by atoms with E-state index in [4.69, 9.17) is 30.5 Å². The topological polar surface area (TPSA) is 69.3 Å². The third-order valence-corrected chi connectivity index (χ3v) is 5.15. The fourth-order valence-electron chi connectivity index (χ4n) is 3.46. The van der Waals surface area contributed by atoms with Crippen LogP contribution in [0.25, 0.3) is 6.08 Å². The molecule has 1 amide bonds. The van der Waals surface area contributed by atoms with Crippen molar-refractivity contribution in [3.63, 3.8) is 0 Å². The standard InChI is InChI=1S/C22H23ClN2O5/c1-27-18-13-15(14-19-22(18)30-12-11-29-19)5-6-20(26)24-17-4-2-3-16(23)21(17)25-7-9-28-10-8-25/h2-6,13-14H,7-12H2,1H3,(H,24,26)/b6-5+. The SMILES string of the molecule is COc1cc(/C=C/C(=O)Nc2cccc(Cl)c2N2CCOCC2)cc2c1OCCO2. The summed E-state index contributed by atoms with van der Waals surface area (Å²) in [6, 6.07) is 9.10. The number of benzene rings is 2. The zero-order valence-corrected chi connectivity index (χ0v) is 17.4. The van der Waals surface area contributed by atoms with Gasteiger partial charge in [0.15, 0.2) is 11.5 Å². The summed E-state index contributed by atoms with van der Waals surface area (Å²) >= 11 is 6.43. The Morgan fingerprint density at radius 3 is 2.77 bits per heavy atom. The van der Waals surface area contributed by atoms with Crippen LogP contribution in [0.4, 0.5) is 11.4 Å². The number of methoxy groups -OCH3 is 1. The lowest BCUT2D eigenvalue weighted by Crippen LogP contribution is -2.37. The molecule has 2 aliphatic rings. The van der Waals surface area contributed by atoms with Crippen LogP contribution >= 0.6 is 11.6 Å². The van der Waals surface area contributed by atoms with Gasteiger partial charge in [0, 0.05) is 19.2 Å². The number of anilines is 2. The number of halogens is 1. The van der Waals surface area contributed by atoms with Crippen LogP contribution in [0.15, 0.2) is 36.4 Å². The first-order valence-electron chi connectivity index (χ1n) is 9.73. The summed E-state index contributed by atoms with van der Waals surface area (Å²) in [4.78, 5) is 14.7. The fraction of sp³-hybridized carbons (Fsp3) is 0.318. The normalized spacial score (nSPS) is 15.9. The third-order valence-electron chi connectivity index (χ3n) is 4.85. The van der Waals surface area contributed by atoms with Crippen molar-refractivity contribution in [2.45, 2.75) is 0 Å². The van der Waals surface area contributed by atoms with Crippen LogP contribution in [0.1, 0.15) is 5.56 Å². The number of para-hydroxylation sites is 1. The number of amides is 1. The molecule has 0 atom stereocenters. The van der Waals surface area contributed by atoms with E-state index in [0.29, 0.717) is 54.4 Å². The molecule has 0 unspecified atom stereocenters. The van der Waals surface area contributed by atoms with Crippen LogP contribution in [-0.2, 0) is 9.53 Å². The molecule has 0 saturated carbocycles. The maximum atomic E-state index is 12.6. The van der Waals surface area contributed by atoms with Gasteiger partial charge in [0.2, 0.25) is 11.7 Å². The van der Waals surface area contributed by atoms with Gasteiger partial charge in [-0.2, -0.15) is 0 Å². The van der Waals surface area contributed by atoms with Crippen LogP contribution in [-0.4, -0.2) is 52.5 Å². The first-order valence-corrected chi connectivity index (χ1v) is 10.1. The molecule has 8 heteroatoms. The third kappa shape index (κ3) is 4.47. The molecule has 2 heterocycles. The van der Waals surface area contributed by atoms with Crippen LogP contribution in [0.3, 0.4) is 0 Å². The zero-order chi connectivity index (χ0) is 20.9. The Morgan fingerprint density at radius 1 is 1.17 bits per heavy atom. The molecular weight excluding hydrogens is 408 g/mol. The van der Waals surface area contributed by atoms with Gasteiger partial charge in [-0.1, -0.05) is 17.7 Å². The molecule has 158 valence electrons. The highest BCUT2D eigenvalue weighted by Gasteiger charge is 2.19. The van der Waals surface area contributed by atoms with Crippen LogP contribution in [0.2, 0.25) is 5.02 Å². The summed E-state index contributed by atoms with van der Waals surface area (Å²) in [5.74, 6) is 1.49. The number of fused-ring (bicyclic) bond motifs is 1. The summed E-state index contributed by atoms with van der Waals surface area (Å²) < 4.78 is 22.0. The Morgan fingerprint density at radius 2 is 1.97 bits per heavy atom. The summed E-state index contributed by atoms with van der Waals surface area (Å²) in [7, 11) is 1.57. The minimum Gasteiger partial charge on any atom is -0.493 e. The zero-order valence-electron chi connectivity index (χ0n) is 16.7. The molecule has 1 fully saturated rings. The first-order chi connectivity index (χ1) is 14.7. The highest BCUT2D eigenvalue weighted by atomic mass is 35.5. The Balaban J connectivity index is 1.52. The molecule has 0 aromatic heterocycles. The van der Waals surface area contributed by atoms with Gasteiger partial charge in [0.25, 0.3) is 0 Å². The second kappa shape index (κ2) is 9.28. The molecular formula is C22H23ClN2O5. The Bertz CT molecular complexity index is 940. The number of hydrogen-bond acceptors (Lipinski definition) is 6. The molecule has 0 spiro atoms. The molecule has 7 nitrogen and oxygen atoms in total. The summed E-state index contributed by atoms with van der Waals surface area (Å²) in [6.07, 6.45) is 3.17. The Hall–Kier alpha value is -2.90. The van der Waals surface area contributed by atoms with Crippen molar-refractivity contribution < 1.29 is 23.7 Å². The summed E-state index contributed by atoms with van der Waals surface area (Å²) in [5, 5.41) is 3.52. The van der Waals surface area contributed by atoms with E-state index in [0.717, 1.165) is 24.3 Å². The molecule has 1 N–H and O–H groups in total. The van der Waals surface area contributed by atoms with Crippen molar-refractivity contribution in [2.24, 2.45) is 0 Å². The quantitative estimate of drug-likeness (QED) is 0.731. The molecule has 0 aliphatic carbocycles. The number of rotatable bonds is 5. The van der Waals surface area contributed by atoms with E-state index in [2.05, 4.69) is 10.2 Å². The molecule has 1 saturated heterocycles. The van der Waals surface area contributed by atoms with Crippen LogP contribution in [0, 0.1) is 0 Å². The van der Waals surface area contributed by atoms with E-state index in [-0.39, 0.29) is 5.91 Å². The van der Waals surface area contributed by atoms with Gasteiger partial charge in [0.1, 0.15) is 13.2 Å². The van der Waals surface area contributed by atoms with Crippen molar-refractivity contribution in [1.82, 2.24) is 0 Å². The van der Waals surface area contributed by atoms with Crippen molar-refractivity contribution in [3.8, 4) is 17.2 Å². The lowest BCUT2D eigenvalue weighted by atomic mass is 10.1. The highest BCUT2D eigenvalue weighted by Crippen LogP contribution is 2.40. The van der Waals surface area contributed by atoms with Gasteiger partial charge in [-0.05, 0) is 35.9 Å². The van der Waals surface area contributed by atoms with Crippen molar-refractivity contribution in [1.29, 1.82) is 0 Å². The highest BCUT2D eigenvalue weighted by molar-refractivity contribution is 6.34. The molecule has 0 bridgehead atoms. The van der Waals surface area contributed by atoms with E-state index in [1.807, 2.05) is 24.3 Å². The molecule has 2 aromatic rings. The first kappa shape index (κ1) is 20.4. The van der Waals surface area contributed by atoms with Crippen LogP contribution in [0.5, 0.6) is 17.2 Å². The number of nitrogens with one attached hydrogen (secondary N) is 1. The monoisotopic (exact) mass is 430 g/mol. The second-order valence-electron chi connectivity index (χ2n) is 6.81. The summed E-state index contributed by atoms with van der Waals surface area (Å²) in [6.45, 7) is 3.66. The number of nitrogens with zero attached hydrogens (tertiary/aromatic N) is 1. The van der Waals surface area contributed by atoms with Gasteiger partial charge in [-0.15, -0.1) is 0 Å². The minimum absolute atomic E-state index is 0.263. The van der Waals surface area contributed by atoms with Gasteiger partial charge in [-0.25, -0.2) is 0 Å². The molecule has 30 heavy (non-hydrogen) atoms. The molecule has 2 aromatic carbocycles. The number of hydrogen-bond donors (Lipinski definition) is 1. The predicted molar refractivity (Wildman–Crippen MR) is 116 cm³/mol. The molecule has 0 radical (unpaired) electrons. The molecule has 2 aliphatic heterocycles. The maximum absolute atomic E-state index is 12.6. The largest absolute Gasteiger partial charge is 0.493 e. The predicted octanol–water partition coefficient (Wildman–Crippen LogP) is 3.61. The van der Waals surface area contributed by atoms with Crippen molar-refractivity contribution in [2.75, 3.05) is 56.8 Å². The lowest BCUT2D eigenvalue weighted by molar-refractivity contribution is -0.111. The summed E-state index contributed by atoms with van der Waals surface area (Å²) in [5.41, 5.74) is 2.25. The Kier molecular flexibility index (Phi) is 6.30. The van der Waals surface area contributed by atoms with E-state index in [1.165, 1.54) is 6.08 Å². The van der Waals surface area contributed by atoms with E-state index < -0.39 is 0 Å². The van der Waals surface area contributed by atoms with Crippen molar-refractivity contribution in [3.05, 3.63) is 47.0 Å². The van der Waals surface area contributed by atoms with Gasteiger partial charge >= 0.3 is 0 Å². The van der Waals surface area contributed by atoms with E-state index in [1.54, 1.807) is 19.3 Å². The number of carbonyl (C=O) groups is 1. The van der Waals surface area contributed by atoms with E-state index in [9.17, 15) is 4.79 Å². The van der Waals surface area contributed by atoms with Gasteiger partial charge < -0.3 is 29.2 Å². The smallest absolute Gasteiger partial charge is 0.248 e. The number of carbonyl (C=O) groups excluding carboxylic acids is 1. The number of morpholine rings is 1. The van der Waals surface area contributed by atoms with Crippen molar-refractivity contribution >= 4 is 35.0 Å².